The van der Waals surface area contributed by atoms with Gasteiger partial charge < -0.3 is 4.74 Å². The number of hydrogen-bond donors (Lipinski definition) is 1. The number of aryl methyl sites for hydroxylation is 1. The number of nitrogens with zero attached hydrogens (tertiary/aromatic N) is 1. The molecule has 18 heavy (non-hydrogen) atoms. The summed E-state index contributed by atoms with van der Waals surface area (Å²) < 4.78 is 5.94. The van der Waals surface area contributed by atoms with Gasteiger partial charge in [-0.1, -0.05) is 13.0 Å². The fourth-order valence-corrected chi connectivity index (χ4v) is 1.47. The number of ether oxygens (including phenoxy) is 1. The smallest absolute Gasteiger partial charge is 0.333 e. The third-order valence-electron chi connectivity index (χ3n) is 2.55. The molecule has 0 radical (unpaired) electrons. The van der Waals surface area contributed by atoms with E-state index in [1.54, 1.807) is 13.0 Å². The Bertz CT molecular complexity index is 580. The standard InChI is InChI=1S/C12H16N2O4/c1-4-9(11(16)18-3)5-6-14-7-8(2)10(15)13-12(14)17/h5,7H,4,6H2,1-3H3,(H,13,15,17). The Labute approximate surface area is 104 Å². The molecule has 1 aromatic heterocycles. The van der Waals surface area contributed by atoms with Gasteiger partial charge in [0.05, 0.1) is 7.11 Å². The van der Waals surface area contributed by atoms with Crippen LogP contribution in [-0.2, 0) is 16.1 Å². The first-order valence-electron chi connectivity index (χ1n) is 5.57. The molecule has 0 saturated heterocycles. The van der Waals surface area contributed by atoms with Crippen LogP contribution in [0.1, 0.15) is 18.9 Å². The van der Waals surface area contributed by atoms with Crippen LogP contribution < -0.4 is 11.2 Å². The molecule has 6 heteroatoms. The molecule has 0 amide bonds. The zero-order valence-corrected chi connectivity index (χ0v) is 10.6. The summed E-state index contributed by atoms with van der Waals surface area (Å²) in [5, 5.41) is 0. The average molecular weight is 252 g/mol. The minimum atomic E-state index is -0.498. The predicted octanol–water partition coefficient (Wildman–Crippen LogP) is 0.354. The van der Waals surface area contributed by atoms with Crippen molar-refractivity contribution in [3.63, 3.8) is 0 Å². The van der Waals surface area contributed by atoms with Gasteiger partial charge in [-0.2, -0.15) is 0 Å². The van der Waals surface area contributed by atoms with Crippen molar-refractivity contribution in [3.05, 3.63) is 44.2 Å². The molecule has 0 aromatic carbocycles. The first kappa shape index (κ1) is 14.0. The van der Waals surface area contributed by atoms with Crippen LogP contribution in [-0.4, -0.2) is 22.6 Å². The SMILES string of the molecule is CCC(=CCn1cc(C)c(=O)[nH]c1=O)C(=O)OC. The second-order valence-corrected chi connectivity index (χ2v) is 3.80. The molecule has 0 aliphatic carbocycles. The van der Waals surface area contributed by atoms with Gasteiger partial charge in [-0.05, 0) is 13.3 Å². The van der Waals surface area contributed by atoms with E-state index in [-0.39, 0.29) is 6.54 Å². The number of nitrogens with one attached hydrogen (secondary N) is 1. The van der Waals surface area contributed by atoms with Gasteiger partial charge in [0.2, 0.25) is 0 Å². The minimum absolute atomic E-state index is 0.217. The number of esters is 1. The Morgan fingerprint density at radius 2 is 2.17 bits per heavy atom. The lowest BCUT2D eigenvalue weighted by Crippen LogP contribution is -2.30. The minimum Gasteiger partial charge on any atom is -0.466 e. The highest BCUT2D eigenvalue weighted by atomic mass is 16.5. The van der Waals surface area contributed by atoms with Gasteiger partial charge in [-0.3, -0.25) is 14.3 Å². The van der Waals surface area contributed by atoms with Crippen molar-refractivity contribution in [2.24, 2.45) is 0 Å². The van der Waals surface area contributed by atoms with E-state index < -0.39 is 17.2 Å². The number of H-pyrrole nitrogens is 1. The fourth-order valence-electron chi connectivity index (χ4n) is 1.47. The highest BCUT2D eigenvalue weighted by Gasteiger charge is 2.07. The average Bonchev–Trinajstić information content (AvgIpc) is 2.35. The van der Waals surface area contributed by atoms with Gasteiger partial charge in [0.1, 0.15) is 0 Å². The molecule has 6 nitrogen and oxygen atoms in total. The van der Waals surface area contributed by atoms with Gasteiger partial charge in [-0.15, -0.1) is 0 Å². The van der Waals surface area contributed by atoms with Crippen LogP contribution in [0.4, 0.5) is 0 Å². The molecule has 1 N–H and O–H groups in total. The number of hydrogen-bond acceptors (Lipinski definition) is 4. The molecule has 0 unspecified atom stereocenters. The summed E-state index contributed by atoms with van der Waals surface area (Å²) in [5.41, 5.74) is 0.0402. The van der Waals surface area contributed by atoms with Crippen LogP contribution in [0.3, 0.4) is 0 Å². The fraction of sp³-hybridized carbons (Fsp3) is 0.417. The quantitative estimate of drug-likeness (QED) is 0.619. The first-order valence-corrected chi connectivity index (χ1v) is 5.57. The molecule has 1 aromatic rings. The lowest BCUT2D eigenvalue weighted by Gasteiger charge is -2.05. The molecular weight excluding hydrogens is 236 g/mol. The van der Waals surface area contributed by atoms with Crippen molar-refractivity contribution in [2.45, 2.75) is 26.8 Å². The van der Waals surface area contributed by atoms with E-state index in [0.717, 1.165) is 0 Å². The summed E-state index contributed by atoms with van der Waals surface area (Å²) in [6.45, 7) is 3.65. The Balaban J connectivity index is 3.02. The van der Waals surface area contributed by atoms with E-state index >= 15 is 0 Å². The van der Waals surface area contributed by atoms with Gasteiger partial charge in [0.15, 0.2) is 0 Å². The van der Waals surface area contributed by atoms with E-state index in [4.69, 9.17) is 0 Å². The van der Waals surface area contributed by atoms with Crippen LogP contribution in [0.5, 0.6) is 0 Å². The molecular formula is C12H16N2O4. The number of carbonyl (C=O) groups excluding carboxylic acids is 1. The summed E-state index contributed by atoms with van der Waals surface area (Å²) in [6.07, 6.45) is 3.59. The normalized spacial score (nSPS) is 11.4. The van der Waals surface area contributed by atoms with Crippen LogP contribution >= 0.6 is 0 Å². The van der Waals surface area contributed by atoms with E-state index in [2.05, 4.69) is 9.72 Å². The summed E-state index contributed by atoms with van der Waals surface area (Å²) in [7, 11) is 1.31. The van der Waals surface area contributed by atoms with E-state index in [1.165, 1.54) is 17.9 Å². The number of aromatic nitrogens is 2. The Morgan fingerprint density at radius 3 is 2.72 bits per heavy atom. The van der Waals surface area contributed by atoms with Crippen molar-refractivity contribution in [1.82, 2.24) is 9.55 Å². The Kier molecular flexibility index (Phi) is 4.65. The van der Waals surface area contributed by atoms with Gasteiger partial charge >= 0.3 is 11.7 Å². The monoisotopic (exact) mass is 252 g/mol. The number of carbonyl (C=O) groups is 1. The molecule has 0 spiro atoms. The number of methoxy groups -OCH3 is 1. The van der Waals surface area contributed by atoms with E-state index in [1.807, 2.05) is 6.92 Å². The van der Waals surface area contributed by atoms with Gasteiger partial charge in [0, 0.05) is 23.9 Å². The van der Waals surface area contributed by atoms with E-state index in [0.29, 0.717) is 17.6 Å². The van der Waals surface area contributed by atoms with Crippen LogP contribution in [0.25, 0.3) is 0 Å². The zero-order chi connectivity index (χ0) is 13.7. The molecule has 1 heterocycles. The van der Waals surface area contributed by atoms with Crippen molar-refractivity contribution in [1.29, 1.82) is 0 Å². The highest BCUT2D eigenvalue weighted by molar-refractivity contribution is 5.88. The van der Waals surface area contributed by atoms with Crippen molar-refractivity contribution >= 4 is 5.97 Å². The van der Waals surface area contributed by atoms with Crippen molar-refractivity contribution in [2.75, 3.05) is 7.11 Å². The molecule has 0 aliphatic heterocycles. The maximum atomic E-state index is 11.5. The Hall–Kier alpha value is -2.11. The first-order chi connectivity index (χ1) is 8.49. The largest absolute Gasteiger partial charge is 0.466 e. The molecule has 1 rings (SSSR count). The second kappa shape index (κ2) is 6.00. The summed E-state index contributed by atoms with van der Waals surface area (Å²) in [5.74, 6) is -0.410. The van der Waals surface area contributed by atoms with Gasteiger partial charge in [0.25, 0.3) is 5.56 Å². The number of rotatable bonds is 4. The van der Waals surface area contributed by atoms with Crippen molar-refractivity contribution in [3.8, 4) is 0 Å². The van der Waals surface area contributed by atoms with Gasteiger partial charge in [-0.25, -0.2) is 9.59 Å². The molecule has 0 bridgehead atoms. The van der Waals surface area contributed by atoms with Crippen molar-refractivity contribution < 1.29 is 9.53 Å². The number of allylic oxidation sites excluding steroid dienone is 1. The molecule has 0 fully saturated rings. The summed E-state index contributed by atoms with van der Waals surface area (Å²) in [6, 6.07) is 0. The molecule has 0 saturated carbocycles. The highest BCUT2D eigenvalue weighted by Crippen LogP contribution is 2.03. The zero-order valence-electron chi connectivity index (χ0n) is 10.6. The molecule has 0 aliphatic rings. The topological polar surface area (TPSA) is 81.2 Å². The second-order valence-electron chi connectivity index (χ2n) is 3.80. The summed E-state index contributed by atoms with van der Waals surface area (Å²) >= 11 is 0. The third kappa shape index (κ3) is 3.19. The Morgan fingerprint density at radius 1 is 1.50 bits per heavy atom. The number of aromatic amines is 1. The van der Waals surface area contributed by atoms with E-state index in [9.17, 15) is 14.4 Å². The van der Waals surface area contributed by atoms with Crippen LogP contribution in [0.15, 0.2) is 27.4 Å². The molecule has 0 atom stereocenters. The molecule has 98 valence electrons. The maximum Gasteiger partial charge on any atom is 0.333 e. The maximum absolute atomic E-state index is 11.5. The lowest BCUT2D eigenvalue weighted by atomic mass is 10.2. The third-order valence-corrected chi connectivity index (χ3v) is 2.55. The van der Waals surface area contributed by atoms with Crippen LogP contribution in [0, 0.1) is 6.92 Å². The lowest BCUT2D eigenvalue weighted by molar-refractivity contribution is -0.136. The summed E-state index contributed by atoms with van der Waals surface area (Å²) in [4.78, 5) is 36.2. The van der Waals surface area contributed by atoms with Crippen LogP contribution in [0.2, 0.25) is 0 Å². The predicted molar refractivity (Wildman–Crippen MR) is 66.4 cm³/mol.